The van der Waals surface area contributed by atoms with Gasteiger partial charge in [-0.05, 0) is 24.6 Å². The minimum Gasteiger partial charge on any atom is -0.462 e. The van der Waals surface area contributed by atoms with E-state index in [-0.39, 0.29) is 17.6 Å². The van der Waals surface area contributed by atoms with Crippen molar-refractivity contribution in [3.05, 3.63) is 64.1 Å². The maximum atomic E-state index is 14.8. The highest BCUT2D eigenvalue weighted by atomic mass is 32.2. The van der Waals surface area contributed by atoms with E-state index in [1.807, 2.05) is 6.07 Å². The highest BCUT2D eigenvalue weighted by Crippen LogP contribution is 2.47. The molecule has 0 spiro atoms. The first kappa shape index (κ1) is 17.7. The number of carbonyl (C=O) groups excluding carboxylic acids is 1. The molecule has 7 heteroatoms. The molecule has 0 amide bonds. The molecule has 0 fully saturated rings. The van der Waals surface area contributed by atoms with E-state index in [1.165, 1.54) is 0 Å². The number of pyridine rings is 1. The number of thioether (sulfide) groups is 1. The van der Waals surface area contributed by atoms with E-state index in [2.05, 4.69) is 0 Å². The fraction of sp³-hybridized carbons (Fsp3) is 0.200. The second kappa shape index (κ2) is 6.81. The summed E-state index contributed by atoms with van der Waals surface area (Å²) in [6, 6.07) is 11.6. The molecule has 0 aliphatic carbocycles. The molecule has 1 aliphatic heterocycles. The number of fused-ring (bicyclic) bond motifs is 3. The molecule has 27 heavy (non-hydrogen) atoms. The number of nitrogens with zero attached hydrogens (tertiary/aromatic N) is 1. The minimum atomic E-state index is -0.773. The van der Waals surface area contributed by atoms with E-state index in [4.69, 9.17) is 4.74 Å². The Morgan fingerprint density at radius 2 is 2.00 bits per heavy atom. The maximum absolute atomic E-state index is 14.8. The van der Waals surface area contributed by atoms with Crippen molar-refractivity contribution in [3.63, 3.8) is 0 Å². The summed E-state index contributed by atoms with van der Waals surface area (Å²) >= 11 is 1.11. The molecule has 3 aromatic rings. The van der Waals surface area contributed by atoms with Gasteiger partial charge in [0.05, 0.1) is 17.1 Å². The molecule has 0 saturated heterocycles. The van der Waals surface area contributed by atoms with Gasteiger partial charge in [-0.25, -0.2) is 13.6 Å². The van der Waals surface area contributed by atoms with Crippen LogP contribution in [0.25, 0.3) is 22.0 Å². The lowest BCUT2D eigenvalue weighted by molar-refractivity contribution is 0.0518. The van der Waals surface area contributed by atoms with Gasteiger partial charge in [0.15, 0.2) is 0 Å². The second-order valence-electron chi connectivity index (χ2n) is 6.04. The van der Waals surface area contributed by atoms with Gasteiger partial charge in [-0.1, -0.05) is 42.1 Å². The van der Waals surface area contributed by atoms with Crippen molar-refractivity contribution in [2.75, 3.05) is 13.3 Å². The van der Waals surface area contributed by atoms with E-state index in [1.54, 1.807) is 41.8 Å². The summed E-state index contributed by atoms with van der Waals surface area (Å²) in [6.07, 6.45) is 0. The lowest BCUT2D eigenvalue weighted by Gasteiger charge is -2.33. The molecule has 0 radical (unpaired) electrons. The summed E-state index contributed by atoms with van der Waals surface area (Å²) in [6.45, 7) is 1.07. The highest BCUT2D eigenvalue weighted by Gasteiger charge is 2.36. The normalized spacial score (nSPS) is 15.3. The van der Waals surface area contributed by atoms with Crippen LogP contribution in [0, 0.1) is 5.82 Å². The van der Waals surface area contributed by atoms with Gasteiger partial charge in [0.1, 0.15) is 23.4 Å². The number of esters is 1. The van der Waals surface area contributed by atoms with Gasteiger partial charge in [0.25, 0.3) is 0 Å². The Kier molecular flexibility index (Phi) is 4.47. The first-order valence-corrected chi connectivity index (χ1v) is 9.31. The van der Waals surface area contributed by atoms with Gasteiger partial charge in [0, 0.05) is 10.9 Å². The lowest BCUT2D eigenvalue weighted by Crippen LogP contribution is -2.31. The smallest absolute Gasteiger partial charge is 0.344 e. The largest absolute Gasteiger partial charge is 0.462 e. The third-order valence-corrected chi connectivity index (χ3v) is 5.71. The predicted octanol–water partition coefficient (Wildman–Crippen LogP) is 4.56. The molecule has 1 aliphatic rings. The van der Waals surface area contributed by atoms with Gasteiger partial charge in [-0.15, -0.1) is 0 Å². The summed E-state index contributed by atoms with van der Waals surface area (Å²) in [7, 11) is 0. The quantitative estimate of drug-likeness (QED) is 0.616. The third-order valence-electron chi connectivity index (χ3n) is 4.48. The molecular weight excluding hydrogens is 372 g/mol. The SMILES string of the molecule is CCOC(=O)c1c2n(c3cc(-c4ccccc4)c(F)cc3c1=O)C(CF)S2. The Morgan fingerprint density at radius 3 is 2.67 bits per heavy atom. The molecule has 1 atom stereocenters. The van der Waals surface area contributed by atoms with Crippen molar-refractivity contribution in [1.82, 2.24) is 4.57 Å². The summed E-state index contributed by atoms with van der Waals surface area (Å²) in [4.78, 5) is 25.1. The van der Waals surface area contributed by atoms with Crippen molar-refractivity contribution in [3.8, 4) is 11.1 Å². The average Bonchev–Trinajstić information content (AvgIpc) is 2.65. The van der Waals surface area contributed by atoms with Crippen LogP contribution in [-0.2, 0) is 4.74 Å². The predicted molar refractivity (Wildman–Crippen MR) is 100 cm³/mol. The first-order chi connectivity index (χ1) is 13.1. The van der Waals surface area contributed by atoms with Crippen LogP contribution < -0.4 is 5.43 Å². The first-order valence-electron chi connectivity index (χ1n) is 8.43. The van der Waals surface area contributed by atoms with Gasteiger partial charge >= 0.3 is 5.97 Å². The minimum absolute atomic E-state index is 0.0396. The Balaban J connectivity index is 2.03. The van der Waals surface area contributed by atoms with E-state index in [0.717, 1.165) is 17.8 Å². The van der Waals surface area contributed by atoms with Crippen molar-refractivity contribution >= 4 is 28.6 Å². The molecule has 4 rings (SSSR count). The van der Waals surface area contributed by atoms with E-state index < -0.39 is 29.3 Å². The number of ether oxygens (including phenoxy) is 1. The van der Waals surface area contributed by atoms with Crippen LogP contribution in [-0.4, -0.2) is 23.8 Å². The van der Waals surface area contributed by atoms with Crippen molar-refractivity contribution in [2.45, 2.75) is 17.3 Å². The number of carbonyl (C=O) groups is 1. The van der Waals surface area contributed by atoms with Crippen molar-refractivity contribution in [1.29, 1.82) is 0 Å². The van der Waals surface area contributed by atoms with Crippen LogP contribution in [0.5, 0.6) is 0 Å². The molecular formula is C20H15F2NO3S. The Bertz CT molecular complexity index is 1110. The standard InChI is InChI=1S/C20H15F2NO3S/c1-2-26-20(25)17-18(24)13-8-14(22)12(11-6-4-3-5-7-11)9-15(13)23-16(10-21)27-19(17)23/h3-9,16H,2,10H2,1H3. The number of hydrogen-bond donors (Lipinski definition) is 0. The molecule has 4 nitrogen and oxygen atoms in total. The molecule has 0 saturated carbocycles. The molecule has 2 heterocycles. The van der Waals surface area contributed by atoms with Crippen LogP contribution in [0.2, 0.25) is 0 Å². The topological polar surface area (TPSA) is 48.3 Å². The summed E-state index contributed by atoms with van der Waals surface area (Å²) in [5, 5.41) is -0.165. The number of rotatable bonds is 4. The zero-order valence-electron chi connectivity index (χ0n) is 14.4. The number of benzene rings is 2. The van der Waals surface area contributed by atoms with Crippen LogP contribution in [0.15, 0.2) is 52.3 Å². The monoisotopic (exact) mass is 387 g/mol. The van der Waals surface area contributed by atoms with Gasteiger partial charge in [-0.3, -0.25) is 4.79 Å². The van der Waals surface area contributed by atoms with Crippen LogP contribution in [0.1, 0.15) is 22.7 Å². The molecule has 0 bridgehead atoms. The fourth-order valence-corrected chi connectivity index (χ4v) is 4.38. The Hall–Kier alpha value is -2.67. The second-order valence-corrected chi connectivity index (χ2v) is 7.21. The summed E-state index contributed by atoms with van der Waals surface area (Å²) < 4.78 is 34.7. The molecule has 2 aromatic carbocycles. The van der Waals surface area contributed by atoms with E-state index in [0.29, 0.717) is 21.7 Å². The summed E-state index contributed by atoms with van der Waals surface area (Å²) in [5.74, 6) is -1.35. The van der Waals surface area contributed by atoms with Crippen LogP contribution in [0.4, 0.5) is 8.78 Å². The third kappa shape index (κ3) is 2.73. The van der Waals surface area contributed by atoms with Gasteiger partial charge < -0.3 is 9.30 Å². The molecule has 0 N–H and O–H groups in total. The fourth-order valence-electron chi connectivity index (χ4n) is 3.26. The molecule has 1 unspecified atom stereocenters. The number of hydrogen-bond acceptors (Lipinski definition) is 4. The maximum Gasteiger partial charge on any atom is 0.344 e. The zero-order chi connectivity index (χ0) is 19.1. The van der Waals surface area contributed by atoms with Crippen LogP contribution in [0.3, 0.4) is 0 Å². The van der Waals surface area contributed by atoms with Crippen molar-refractivity contribution in [2.24, 2.45) is 0 Å². The van der Waals surface area contributed by atoms with Crippen molar-refractivity contribution < 1.29 is 18.3 Å². The van der Waals surface area contributed by atoms with Gasteiger partial charge in [-0.2, -0.15) is 0 Å². The lowest BCUT2D eigenvalue weighted by atomic mass is 10.0. The average molecular weight is 387 g/mol. The van der Waals surface area contributed by atoms with Gasteiger partial charge in [0.2, 0.25) is 5.43 Å². The molecule has 1 aromatic heterocycles. The van der Waals surface area contributed by atoms with E-state index in [9.17, 15) is 18.4 Å². The highest BCUT2D eigenvalue weighted by molar-refractivity contribution is 8.00. The number of alkyl halides is 1. The summed E-state index contributed by atoms with van der Waals surface area (Å²) in [5.41, 5.74) is 0.612. The number of halogens is 2. The zero-order valence-corrected chi connectivity index (χ0v) is 15.2. The molecule has 138 valence electrons. The van der Waals surface area contributed by atoms with Crippen LogP contribution >= 0.6 is 11.8 Å². The Morgan fingerprint density at radius 1 is 1.26 bits per heavy atom. The van der Waals surface area contributed by atoms with E-state index >= 15 is 0 Å². The Labute approximate surface area is 157 Å². The number of aromatic nitrogens is 1.